The Kier molecular flexibility index (Phi) is 5.40. The van der Waals surface area contributed by atoms with E-state index in [0.717, 1.165) is 0 Å². The topological polar surface area (TPSA) is 84.9 Å². The van der Waals surface area contributed by atoms with Gasteiger partial charge in [-0.1, -0.05) is 0 Å². The predicted molar refractivity (Wildman–Crippen MR) is 67.8 cm³/mol. The van der Waals surface area contributed by atoms with Crippen molar-refractivity contribution in [3.05, 3.63) is 29.6 Å². The van der Waals surface area contributed by atoms with E-state index in [0.29, 0.717) is 25.3 Å². The summed E-state index contributed by atoms with van der Waals surface area (Å²) in [5, 5.41) is 9.20. The second-order valence-corrected chi connectivity index (χ2v) is 6.26. The van der Waals surface area contributed by atoms with Crippen LogP contribution in [0.25, 0.3) is 0 Å². The van der Waals surface area contributed by atoms with Crippen molar-refractivity contribution in [3.63, 3.8) is 0 Å². The molecule has 1 fully saturated rings. The van der Waals surface area contributed by atoms with Crippen molar-refractivity contribution in [1.82, 2.24) is 4.72 Å². The number of ether oxygens (including phenoxy) is 2. The van der Waals surface area contributed by atoms with Crippen molar-refractivity contribution >= 4 is 10.0 Å². The molecule has 1 atom stereocenters. The lowest BCUT2D eigenvalue weighted by Gasteiger charge is -2.19. The van der Waals surface area contributed by atoms with Gasteiger partial charge in [0.25, 0.3) is 0 Å². The zero-order valence-corrected chi connectivity index (χ0v) is 12.1. The van der Waals surface area contributed by atoms with Crippen molar-refractivity contribution < 1.29 is 36.2 Å². The first kappa shape index (κ1) is 17.2. The maximum Gasteiger partial charge on any atom is 0.243 e. The second-order valence-electron chi connectivity index (χ2n) is 4.58. The van der Waals surface area contributed by atoms with Crippen LogP contribution in [0.4, 0.5) is 13.2 Å². The number of rotatable bonds is 6. The lowest BCUT2D eigenvalue weighted by atomic mass is 10.2. The van der Waals surface area contributed by atoms with Gasteiger partial charge >= 0.3 is 0 Å². The van der Waals surface area contributed by atoms with Crippen LogP contribution in [-0.2, 0) is 19.5 Å². The van der Waals surface area contributed by atoms with Crippen LogP contribution in [0.3, 0.4) is 0 Å². The summed E-state index contributed by atoms with van der Waals surface area (Å²) in [4.78, 5) is -1.04. The van der Waals surface area contributed by atoms with Crippen molar-refractivity contribution in [1.29, 1.82) is 0 Å². The first-order valence-corrected chi connectivity index (χ1v) is 7.83. The number of hydrogen-bond donors (Lipinski definition) is 2. The van der Waals surface area contributed by atoms with E-state index in [2.05, 4.69) is 0 Å². The summed E-state index contributed by atoms with van der Waals surface area (Å²) < 4.78 is 75.8. The van der Waals surface area contributed by atoms with E-state index in [-0.39, 0.29) is 6.42 Å². The maximum absolute atomic E-state index is 13.6. The lowest BCUT2D eigenvalue weighted by Crippen LogP contribution is -2.40. The molecule has 1 saturated heterocycles. The summed E-state index contributed by atoms with van der Waals surface area (Å²) in [6.07, 6.45) is -0.712. The fourth-order valence-corrected chi connectivity index (χ4v) is 3.24. The van der Waals surface area contributed by atoms with Crippen LogP contribution in [0.1, 0.15) is 6.42 Å². The van der Waals surface area contributed by atoms with Gasteiger partial charge in [-0.3, -0.25) is 0 Å². The number of sulfonamides is 1. The first-order valence-electron chi connectivity index (χ1n) is 6.35. The molecule has 2 N–H and O–H groups in total. The van der Waals surface area contributed by atoms with Gasteiger partial charge in [-0.25, -0.2) is 26.3 Å². The number of halogens is 3. The molecule has 1 aromatic carbocycles. The minimum atomic E-state index is -4.49. The molecule has 10 heteroatoms. The summed E-state index contributed by atoms with van der Waals surface area (Å²) >= 11 is 0. The SMILES string of the molecule is O=S(=O)(NC(CO)CC1OCCO1)c1ccc(F)c(F)c1F. The van der Waals surface area contributed by atoms with Gasteiger partial charge in [0.05, 0.1) is 19.8 Å². The predicted octanol–water partition coefficient (Wildman–Crippen LogP) is 0.506. The van der Waals surface area contributed by atoms with E-state index in [1.165, 1.54) is 0 Å². The summed E-state index contributed by atoms with van der Waals surface area (Å²) in [5.41, 5.74) is 0. The highest BCUT2D eigenvalue weighted by Gasteiger charge is 2.29. The number of nitrogens with one attached hydrogen (secondary N) is 1. The van der Waals surface area contributed by atoms with Gasteiger partial charge in [-0.15, -0.1) is 0 Å². The number of aliphatic hydroxyl groups excluding tert-OH is 1. The smallest absolute Gasteiger partial charge is 0.243 e. The van der Waals surface area contributed by atoms with Gasteiger partial charge in [0.15, 0.2) is 23.7 Å². The van der Waals surface area contributed by atoms with Crippen molar-refractivity contribution in [3.8, 4) is 0 Å². The van der Waals surface area contributed by atoms with Crippen LogP contribution in [0, 0.1) is 17.5 Å². The molecule has 0 amide bonds. The highest BCUT2D eigenvalue weighted by Crippen LogP contribution is 2.20. The number of hydrogen-bond acceptors (Lipinski definition) is 5. The highest BCUT2D eigenvalue weighted by molar-refractivity contribution is 7.89. The van der Waals surface area contributed by atoms with Gasteiger partial charge in [-0.2, -0.15) is 0 Å². The number of benzene rings is 1. The molecule has 124 valence electrons. The minimum Gasteiger partial charge on any atom is -0.395 e. The normalized spacial score (nSPS) is 17.8. The average Bonchev–Trinajstić information content (AvgIpc) is 2.96. The first-order chi connectivity index (χ1) is 10.3. The largest absolute Gasteiger partial charge is 0.395 e. The van der Waals surface area contributed by atoms with E-state index in [1.54, 1.807) is 0 Å². The third-order valence-corrected chi connectivity index (χ3v) is 4.54. The monoisotopic (exact) mass is 341 g/mol. The van der Waals surface area contributed by atoms with E-state index in [9.17, 15) is 26.7 Å². The molecule has 0 spiro atoms. The molecule has 0 radical (unpaired) electrons. The van der Waals surface area contributed by atoms with E-state index in [1.807, 2.05) is 4.72 Å². The molecular formula is C12H14F3NO5S. The van der Waals surface area contributed by atoms with Gasteiger partial charge in [-0.05, 0) is 12.1 Å². The molecule has 0 bridgehead atoms. The van der Waals surface area contributed by atoms with Gasteiger partial charge in [0, 0.05) is 12.5 Å². The Bertz CT molecular complexity index is 634. The van der Waals surface area contributed by atoms with Gasteiger partial charge in [0.1, 0.15) is 4.90 Å². The molecule has 22 heavy (non-hydrogen) atoms. The maximum atomic E-state index is 13.6. The quantitative estimate of drug-likeness (QED) is 0.737. The van der Waals surface area contributed by atoms with E-state index < -0.39 is 51.3 Å². The standard InChI is InChI=1S/C12H14F3NO5S/c13-8-1-2-9(12(15)11(8)14)22(18,19)16-7(6-17)5-10-20-3-4-21-10/h1-2,7,10,16-17H,3-6H2. The van der Waals surface area contributed by atoms with E-state index in [4.69, 9.17) is 9.47 Å². The molecule has 1 heterocycles. The van der Waals surface area contributed by atoms with Crippen LogP contribution in [0.2, 0.25) is 0 Å². The fourth-order valence-electron chi connectivity index (χ4n) is 1.93. The van der Waals surface area contributed by atoms with Gasteiger partial charge in [0.2, 0.25) is 10.0 Å². The van der Waals surface area contributed by atoms with E-state index >= 15 is 0 Å². The van der Waals surface area contributed by atoms with Crippen LogP contribution >= 0.6 is 0 Å². The van der Waals surface area contributed by atoms with Gasteiger partial charge < -0.3 is 14.6 Å². The number of aliphatic hydroxyl groups is 1. The van der Waals surface area contributed by atoms with Crippen molar-refractivity contribution in [2.45, 2.75) is 23.6 Å². The van der Waals surface area contributed by atoms with Crippen molar-refractivity contribution in [2.24, 2.45) is 0 Å². The summed E-state index contributed by atoms with van der Waals surface area (Å²) in [6.45, 7) is 0.0779. The lowest BCUT2D eigenvalue weighted by molar-refractivity contribution is -0.0543. The Morgan fingerprint density at radius 3 is 2.45 bits per heavy atom. The van der Waals surface area contributed by atoms with Crippen LogP contribution in [0.5, 0.6) is 0 Å². The third-order valence-electron chi connectivity index (χ3n) is 3.00. The average molecular weight is 341 g/mol. The molecule has 0 saturated carbocycles. The Labute approximate surface area is 124 Å². The molecule has 1 aromatic rings. The summed E-state index contributed by atoms with van der Waals surface area (Å²) in [7, 11) is -4.49. The molecule has 0 aromatic heterocycles. The van der Waals surface area contributed by atoms with Crippen molar-refractivity contribution in [2.75, 3.05) is 19.8 Å². The highest BCUT2D eigenvalue weighted by atomic mass is 32.2. The zero-order chi connectivity index (χ0) is 16.3. The van der Waals surface area contributed by atoms with Crippen LogP contribution in [-0.4, -0.2) is 45.7 Å². The fraction of sp³-hybridized carbons (Fsp3) is 0.500. The molecular weight excluding hydrogens is 327 g/mol. The third kappa shape index (κ3) is 3.76. The molecule has 0 aliphatic carbocycles. The molecule has 1 aliphatic heterocycles. The Hall–Kier alpha value is -1.20. The second kappa shape index (κ2) is 6.92. The van der Waals surface area contributed by atoms with Crippen LogP contribution < -0.4 is 4.72 Å². The summed E-state index contributed by atoms with van der Waals surface area (Å²) in [5.74, 6) is -5.20. The zero-order valence-electron chi connectivity index (χ0n) is 11.3. The Morgan fingerprint density at radius 1 is 1.23 bits per heavy atom. The summed E-state index contributed by atoms with van der Waals surface area (Å²) in [6, 6.07) is 0.0811. The molecule has 1 aliphatic rings. The molecule has 6 nitrogen and oxygen atoms in total. The Balaban J connectivity index is 2.17. The Morgan fingerprint density at radius 2 is 1.86 bits per heavy atom. The minimum absolute atomic E-state index is 0.0129. The molecule has 2 rings (SSSR count). The molecule has 1 unspecified atom stereocenters. The van der Waals surface area contributed by atoms with Crippen LogP contribution in [0.15, 0.2) is 17.0 Å².